The van der Waals surface area contributed by atoms with E-state index in [2.05, 4.69) is 17.0 Å². The summed E-state index contributed by atoms with van der Waals surface area (Å²) in [7, 11) is 0. The topological polar surface area (TPSA) is 64.4 Å². The number of amides is 1. The predicted octanol–water partition coefficient (Wildman–Crippen LogP) is 4.27. The normalized spacial score (nSPS) is 18.5. The third-order valence-electron chi connectivity index (χ3n) is 7.32. The Morgan fingerprint density at radius 1 is 1.03 bits per heavy atom. The maximum absolute atomic E-state index is 13.0. The van der Waals surface area contributed by atoms with Crippen LogP contribution in [0, 0.1) is 17.2 Å². The highest BCUT2D eigenvalue weighted by Gasteiger charge is 2.32. The smallest absolute Gasteiger partial charge is 0.227 e. The second-order valence-corrected chi connectivity index (χ2v) is 9.43. The standard InChI is InChI=1S/C27H29N3O2/c28-17-20-2-1-3-21(14-20)18-29-11-8-19(9-12-29)4-6-25(31)24-15-22-5-7-26(32)30-13-10-23(16-24)27(22)30/h1-3,14-16,19H,4-13,18H2. The molecular weight excluding hydrogens is 398 g/mol. The minimum Gasteiger partial charge on any atom is -0.312 e. The average molecular weight is 428 g/mol. The predicted molar refractivity (Wildman–Crippen MR) is 124 cm³/mol. The number of nitrogens with zero attached hydrogens (tertiary/aromatic N) is 3. The molecule has 5 nitrogen and oxygen atoms in total. The Labute approximate surface area is 189 Å². The lowest BCUT2D eigenvalue weighted by Gasteiger charge is -2.32. The second-order valence-electron chi connectivity index (χ2n) is 9.43. The third kappa shape index (κ3) is 4.20. The number of carbonyl (C=O) groups excluding carboxylic acids is 2. The first-order chi connectivity index (χ1) is 15.6. The number of Topliss-reactive ketones (excluding diaryl/α,β-unsaturated/α-hetero) is 1. The Kier molecular flexibility index (Phi) is 5.80. The van der Waals surface area contributed by atoms with Gasteiger partial charge in [-0.1, -0.05) is 12.1 Å². The van der Waals surface area contributed by atoms with Crippen LogP contribution < -0.4 is 4.90 Å². The molecule has 0 aromatic heterocycles. The first kappa shape index (κ1) is 20.9. The highest BCUT2D eigenvalue weighted by molar-refractivity contribution is 6.02. The van der Waals surface area contributed by atoms with E-state index < -0.39 is 0 Å². The zero-order valence-corrected chi connectivity index (χ0v) is 18.5. The van der Waals surface area contributed by atoms with Crippen LogP contribution in [0.2, 0.25) is 0 Å². The van der Waals surface area contributed by atoms with Gasteiger partial charge in [-0.05, 0) is 92.1 Å². The van der Waals surface area contributed by atoms with Gasteiger partial charge < -0.3 is 4.90 Å². The fourth-order valence-electron chi connectivity index (χ4n) is 5.53. The van der Waals surface area contributed by atoms with E-state index in [0.29, 0.717) is 18.8 Å². The summed E-state index contributed by atoms with van der Waals surface area (Å²) in [6, 6.07) is 14.2. The van der Waals surface area contributed by atoms with Crippen molar-refractivity contribution in [2.24, 2.45) is 5.92 Å². The van der Waals surface area contributed by atoms with Crippen molar-refractivity contribution >= 4 is 17.4 Å². The van der Waals surface area contributed by atoms with Crippen LogP contribution in [0.25, 0.3) is 0 Å². The molecule has 32 heavy (non-hydrogen) atoms. The van der Waals surface area contributed by atoms with Crippen LogP contribution in [-0.2, 0) is 24.2 Å². The fourth-order valence-corrected chi connectivity index (χ4v) is 5.53. The minimum atomic E-state index is 0.222. The molecule has 0 aliphatic carbocycles. The molecule has 0 spiro atoms. The molecule has 0 bridgehead atoms. The van der Waals surface area contributed by atoms with Gasteiger partial charge in [0.25, 0.3) is 0 Å². The summed E-state index contributed by atoms with van der Waals surface area (Å²) in [6.07, 6.45) is 5.99. The molecule has 3 aliphatic rings. The molecule has 0 radical (unpaired) electrons. The summed E-state index contributed by atoms with van der Waals surface area (Å²) in [5.41, 5.74) is 6.19. The lowest BCUT2D eigenvalue weighted by Crippen LogP contribution is -2.33. The molecule has 3 aliphatic heterocycles. The van der Waals surface area contributed by atoms with E-state index in [0.717, 1.165) is 75.1 Å². The van der Waals surface area contributed by atoms with Crippen LogP contribution in [0.1, 0.15) is 64.7 Å². The molecule has 3 heterocycles. The number of piperidine rings is 1. The summed E-state index contributed by atoms with van der Waals surface area (Å²) in [4.78, 5) is 29.4. The fraction of sp³-hybridized carbons (Fsp3) is 0.444. The molecule has 0 N–H and O–H groups in total. The van der Waals surface area contributed by atoms with Gasteiger partial charge in [0.1, 0.15) is 0 Å². The maximum atomic E-state index is 13.0. The van der Waals surface area contributed by atoms with Crippen LogP contribution in [0.4, 0.5) is 5.69 Å². The Morgan fingerprint density at radius 3 is 2.59 bits per heavy atom. The van der Waals surface area contributed by atoms with Crippen molar-refractivity contribution in [3.05, 3.63) is 64.2 Å². The zero-order chi connectivity index (χ0) is 22.1. The van der Waals surface area contributed by atoms with E-state index in [1.165, 1.54) is 16.7 Å². The van der Waals surface area contributed by atoms with Gasteiger partial charge in [0, 0.05) is 31.5 Å². The molecule has 1 saturated heterocycles. The van der Waals surface area contributed by atoms with Crippen molar-refractivity contribution in [2.45, 2.75) is 51.5 Å². The quantitative estimate of drug-likeness (QED) is 0.646. The number of hydrogen-bond acceptors (Lipinski definition) is 4. The van der Waals surface area contributed by atoms with E-state index >= 15 is 0 Å². The van der Waals surface area contributed by atoms with E-state index in [4.69, 9.17) is 5.26 Å². The average Bonchev–Trinajstić information content (AvgIpc) is 3.26. The van der Waals surface area contributed by atoms with Crippen molar-refractivity contribution in [1.29, 1.82) is 5.26 Å². The van der Waals surface area contributed by atoms with Crippen molar-refractivity contribution in [2.75, 3.05) is 24.5 Å². The number of ketones is 1. The first-order valence-electron chi connectivity index (χ1n) is 11.8. The van der Waals surface area contributed by atoms with Gasteiger partial charge in [-0.25, -0.2) is 0 Å². The molecule has 2 aromatic rings. The zero-order valence-electron chi connectivity index (χ0n) is 18.5. The van der Waals surface area contributed by atoms with Crippen molar-refractivity contribution in [3.8, 4) is 6.07 Å². The lowest BCUT2D eigenvalue weighted by molar-refractivity contribution is -0.118. The Balaban J connectivity index is 1.14. The van der Waals surface area contributed by atoms with E-state index in [1.807, 2.05) is 35.2 Å². The van der Waals surface area contributed by atoms with Crippen molar-refractivity contribution < 1.29 is 9.59 Å². The Bertz CT molecular complexity index is 1090. The molecular formula is C27H29N3O2. The molecule has 0 saturated carbocycles. The monoisotopic (exact) mass is 427 g/mol. The largest absolute Gasteiger partial charge is 0.312 e. The highest BCUT2D eigenvalue weighted by Crippen LogP contribution is 2.38. The molecule has 2 aromatic carbocycles. The van der Waals surface area contributed by atoms with Crippen molar-refractivity contribution in [1.82, 2.24) is 4.90 Å². The molecule has 1 amide bonds. The molecule has 0 atom stereocenters. The number of rotatable bonds is 6. The molecule has 1 fully saturated rings. The summed E-state index contributed by atoms with van der Waals surface area (Å²) in [5, 5.41) is 9.08. The number of benzene rings is 2. The van der Waals surface area contributed by atoms with E-state index in [9.17, 15) is 9.59 Å². The van der Waals surface area contributed by atoms with Gasteiger partial charge in [-0.3, -0.25) is 14.5 Å². The summed E-state index contributed by atoms with van der Waals surface area (Å²) in [6.45, 7) is 3.74. The van der Waals surface area contributed by atoms with Gasteiger partial charge in [-0.15, -0.1) is 0 Å². The summed E-state index contributed by atoms with van der Waals surface area (Å²) >= 11 is 0. The number of hydrogen-bond donors (Lipinski definition) is 0. The summed E-state index contributed by atoms with van der Waals surface area (Å²) in [5.74, 6) is 1.07. The lowest BCUT2D eigenvalue weighted by atomic mass is 9.89. The maximum Gasteiger partial charge on any atom is 0.227 e. The number of carbonyl (C=O) groups is 2. The SMILES string of the molecule is N#Cc1cccc(CN2CCC(CCC(=O)c3cc4c5c(c3)CCN5C(=O)CC4)CC2)c1. The van der Waals surface area contributed by atoms with Gasteiger partial charge in [-0.2, -0.15) is 5.26 Å². The van der Waals surface area contributed by atoms with Crippen LogP contribution in [0.5, 0.6) is 0 Å². The van der Waals surface area contributed by atoms with E-state index in [1.54, 1.807) is 0 Å². The van der Waals surface area contributed by atoms with Gasteiger partial charge in [0.15, 0.2) is 5.78 Å². The molecule has 5 heteroatoms. The summed E-state index contributed by atoms with van der Waals surface area (Å²) < 4.78 is 0. The molecule has 5 rings (SSSR count). The van der Waals surface area contributed by atoms with E-state index in [-0.39, 0.29) is 11.7 Å². The van der Waals surface area contributed by atoms with Gasteiger partial charge >= 0.3 is 0 Å². The minimum absolute atomic E-state index is 0.222. The van der Waals surface area contributed by atoms with Crippen LogP contribution in [0.3, 0.4) is 0 Å². The van der Waals surface area contributed by atoms with Crippen LogP contribution >= 0.6 is 0 Å². The molecule has 0 unspecified atom stereocenters. The Hall–Kier alpha value is -2.97. The number of anilines is 1. The first-order valence-corrected chi connectivity index (χ1v) is 11.8. The highest BCUT2D eigenvalue weighted by atomic mass is 16.2. The number of nitriles is 1. The second kappa shape index (κ2) is 8.88. The van der Waals surface area contributed by atoms with Crippen LogP contribution in [-0.4, -0.2) is 36.2 Å². The number of likely N-dealkylation sites (tertiary alicyclic amines) is 1. The van der Waals surface area contributed by atoms with Crippen LogP contribution in [0.15, 0.2) is 36.4 Å². The molecule has 164 valence electrons. The van der Waals surface area contributed by atoms with Crippen molar-refractivity contribution in [3.63, 3.8) is 0 Å². The Morgan fingerprint density at radius 2 is 1.81 bits per heavy atom. The van der Waals surface area contributed by atoms with Gasteiger partial charge in [0.05, 0.1) is 17.3 Å². The third-order valence-corrected chi connectivity index (χ3v) is 7.32. The number of aryl methyl sites for hydroxylation is 1. The van der Waals surface area contributed by atoms with Gasteiger partial charge in [0.2, 0.25) is 5.91 Å².